The third-order valence-electron chi connectivity index (χ3n) is 5.89. The molecule has 3 heterocycles. The van der Waals surface area contributed by atoms with Crippen LogP contribution in [0.25, 0.3) is 0 Å². The van der Waals surface area contributed by atoms with Gasteiger partial charge in [0.15, 0.2) is 0 Å². The standard InChI is InChI=1S/C23H33N5O3/c1-26(18-22-24-7-8-25-22)17-19-4-2-5-20(16-19)30-15-13-27-9-11-28(12-10-27)23(29)21-6-3-14-31-21/h2,4-5,7-8,16,21H,3,6,9-15,17-18H2,1H3,(H,24,25). The fourth-order valence-corrected chi connectivity index (χ4v) is 4.20. The third kappa shape index (κ3) is 6.29. The number of H-pyrrole nitrogens is 1. The first-order valence-electron chi connectivity index (χ1n) is 11.2. The van der Waals surface area contributed by atoms with E-state index in [4.69, 9.17) is 9.47 Å². The molecule has 2 saturated heterocycles. The molecule has 1 aromatic heterocycles. The molecule has 1 amide bonds. The van der Waals surface area contributed by atoms with Crippen LogP contribution in [0.15, 0.2) is 36.7 Å². The zero-order valence-corrected chi connectivity index (χ0v) is 18.3. The Labute approximate surface area is 184 Å². The Morgan fingerprint density at radius 3 is 2.90 bits per heavy atom. The summed E-state index contributed by atoms with van der Waals surface area (Å²) in [6, 6.07) is 8.28. The zero-order valence-electron chi connectivity index (χ0n) is 18.3. The van der Waals surface area contributed by atoms with Gasteiger partial charge in [-0.15, -0.1) is 0 Å². The van der Waals surface area contributed by atoms with Crippen LogP contribution in [0.3, 0.4) is 0 Å². The minimum atomic E-state index is -0.208. The number of hydrogen-bond donors (Lipinski definition) is 1. The fraction of sp³-hybridized carbons (Fsp3) is 0.565. The largest absolute Gasteiger partial charge is 0.492 e. The van der Waals surface area contributed by atoms with Crippen molar-refractivity contribution in [2.75, 3.05) is 53.0 Å². The number of ether oxygens (including phenoxy) is 2. The summed E-state index contributed by atoms with van der Waals surface area (Å²) in [5.74, 6) is 2.03. The van der Waals surface area contributed by atoms with Crippen molar-refractivity contribution in [1.82, 2.24) is 24.7 Å². The van der Waals surface area contributed by atoms with E-state index in [9.17, 15) is 4.79 Å². The van der Waals surface area contributed by atoms with Crippen LogP contribution in [0.4, 0.5) is 0 Å². The quantitative estimate of drug-likeness (QED) is 0.657. The summed E-state index contributed by atoms with van der Waals surface area (Å²) in [7, 11) is 2.08. The molecule has 0 radical (unpaired) electrons. The molecule has 0 aliphatic carbocycles. The number of rotatable bonds is 9. The predicted octanol–water partition coefficient (Wildman–Crippen LogP) is 1.74. The predicted molar refractivity (Wildman–Crippen MR) is 118 cm³/mol. The Hall–Kier alpha value is -2.42. The molecule has 1 N–H and O–H groups in total. The van der Waals surface area contributed by atoms with E-state index in [0.717, 1.165) is 76.8 Å². The lowest BCUT2D eigenvalue weighted by Crippen LogP contribution is -2.52. The highest BCUT2D eigenvalue weighted by Gasteiger charge is 2.30. The Balaban J connectivity index is 1.16. The average molecular weight is 428 g/mol. The molecule has 0 saturated carbocycles. The highest BCUT2D eigenvalue weighted by Crippen LogP contribution is 2.17. The van der Waals surface area contributed by atoms with Crippen LogP contribution in [0.5, 0.6) is 5.75 Å². The minimum Gasteiger partial charge on any atom is -0.492 e. The molecule has 2 fully saturated rings. The van der Waals surface area contributed by atoms with Gasteiger partial charge in [0.25, 0.3) is 5.91 Å². The normalized spacial score (nSPS) is 19.8. The molecule has 0 spiro atoms. The van der Waals surface area contributed by atoms with E-state index in [1.165, 1.54) is 5.56 Å². The summed E-state index contributed by atoms with van der Waals surface area (Å²) in [6.07, 6.45) is 5.28. The van der Waals surface area contributed by atoms with Gasteiger partial charge in [-0.25, -0.2) is 4.98 Å². The van der Waals surface area contributed by atoms with Crippen LogP contribution in [-0.4, -0.2) is 89.7 Å². The number of nitrogens with zero attached hydrogens (tertiary/aromatic N) is 4. The van der Waals surface area contributed by atoms with Crippen molar-refractivity contribution < 1.29 is 14.3 Å². The van der Waals surface area contributed by atoms with Gasteiger partial charge in [0.1, 0.15) is 24.3 Å². The molecule has 168 valence electrons. The molecule has 4 rings (SSSR count). The number of imidazole rings is 1. The highest BCUT2D eigenvalue weighted by atomic mass is 16.5. The maximum absolute atomic E-state index is 12.5. The zero-order chi connectivity index (χ0) is 21.5. The number of piperazine rings is 1. The van der Waals surface area contributed by atoms with Crippen LogP contribution in [-0.2, 0) is 22.6 Å². The maximum Gasteiger partial charge on any atom is 0.251 e. The van der Waals surface area contributed by atoms with Crippen molar-refractivity contribution in [2.24, 2.45) is 0 Å². The lowest BCUT2D eigenvalue weighted by Gasteiger charge is -2.35. The van der Waals surface area contributed by atoms with Gasteiger partial charge in [0, 0.05) is 58.3 Å². The van der Waals surface area contributed by atoms with Gasteiger partial charge in [0.05, 0.1) is 6.54 Å². The van der Waals surface area contributed by atoms with Gasteiger partial charge in [-0.2, -0.15) is 0 Å². The summed E-state index contributed by atoms with van der Waals surface area (Å²) in [5, 5.41) is 0. The first kappa shape index (κ1) is 21.8. The molecule has 8 heteroatoms. The molecule has 1 atom stereocenters. The van der Waals surface area contributed by atoms with E-state index in [2.05, 4.69) is 38.9 Å². The van der Waals surface area contributed by atoms with Crippen LogP contribution in [0.1, 0.15) is 24.2 Å². The SMILES string of the molecule is CN(Cc1cccc(OCCN2CCN(C(=O)C3CCCO3)CC2)c1)Cc1ncc[nH]1. The summed E-state index contributed by atoms with van der Waals surface area (Å²) in [4.78, 5) is 26.4. The topological polar surface area (TPSA) is 73.9 Å². The minimum absolute atomic E-state index is 0.169. The van der Waals surface area contributed by atoms with Crippen molar-refractivity contribution >= 4 is 5.91 Å². The summed E-state index contributed by atoms with van der Waals surface area (Å²) in [6.45, 7) is 7.16. The molecule has 2 aliphatic heterocycles. The summed E-state index contributed by atoms with van der Waals surface area (Å²) >= 11 is 0. The molecule has 2 aliphatic rings. The second kappa shape index (κ2) is 10.7. The van der Waals surface area contributed by atoms with Crippen LogP contribution >= 0.6 is 0 Å². The van der Waals surface area contributed by atoms with Gasteiger partial charge < -0.3 is 19.4 Å². The van der Waals surface area contributed by atoms with E-state index in [1.807, 2.05) is 23.2 Å². The molecular formula is C23H33N5O3. The Morgan fingerprint density at radius 1 is 1.29 bits per heavy atom. The smallest absolute Gasteiger partial charge is 0.251 e. The average Bonchev–Trinajstić information content (AvgIpc) is 3.48. The molecule has 0 bridgehead atoms. The van der Waals surface area contributed by atoms with E-state index in [0.29, 0.717) is 6.61 Å². The molecule has 31 heavy (non-hydrogen) atoms. The summed E-state index contributed by atoms with van der Waals surface area (Å²) < 4.78 is 11.5. The van der Waals surface area contributed by atoms with Gasteiger partial charge in [-0.3, -0.25) is 14.6 Å². The van der Waals surface area contributed by atoms with Gasteiger partial charge >= 0.3 is 0 Å². The molecular weight excluding hydrogens is 394 g/mol. The van der Waals surface area contributed by atoms with E-state index in [-0.39, 0.29) is 12.0 Å². The Kier molecular flexibility index (Phi) is 7.56. The first-order chi connectivity index (χ1) is 15.2. The summed E-state index contributed by atoms with van der Waals surface area (Å²) in [5.41, 5.74) is 1.22. The highest BCUT2D eigenvalue weighted by molar-refractivity contribution is 5.81. The first-order valence-corrected chi connectivity index (χ1v) is 11.2. The number of carbonyl (C=O) groups is 1. The number of nitrogens with one attached hydrogen (secondary N) is 1. The van der Waals surface area contributed by atoms with Gasteiger partial charge in [-0.05, 0) is 37.6 Å². The van der Waals surface area contributed by atoms with Crippen LogP contribution in [0.2, 0.25) is 0 Å². The third-order valence-corrected chi connectivity index (χ3v) is 5.89. The second-order valence-corrected chi connectivity index (χ2v) is 8.37. The van der Waals surface area contributed by atoms with E-state index < -0.39 is 0 Å². The van der Waals surface area contributed by atoms with Crippen LogP contribution < -0.4 is 4.74 Å². The molecule has 2 aromatic rings. The Bertz CT molecular complexity index is 814. The molecule has 1 unspecified atom stereocenters. The lowest BCUT2D eigenvalue weighted by molar-refractivity contribution is -0.142. The number of hydrogen-bond acceptors (Lipinski definition) is 6. The van der Waals surface area contributed by atoms with Crippen molar-refractivity contribution in [2.45, 2.75) is 32.0 Å². The monoisotopic (exact) mass is 427 g/mol. The number of aromatic nitrogens is 2. The second-order valence-electron chi connectivity index (χ2n) is 8.37. The van der Waals surface area contributed by atoms with Gasteiger partial charge in [0.2, 0.25) is 0 Å². The number of carbonyl (C=O) groups excluding carboxylic acids is 1. The van der Waals surface area contributed by atoms with Crippen LogP contribution in [0, 0.1) is 0 Å². The van der Waals surface area contributed by atoms with Crippen molar-refractivity contribution in [3.8, 4) is 5.75 Å². The van der Waals surface area contributed by atoms with Crippen molar-refractivity contribution in [1.29, 1.82) is 0 Å². The molecule has 8 nitrogen and oxygen atoms in total. The Morgan fingerprint density at radius 2 is 2.16 bits per heavy atom. The van der Waals surface area contributed by atoms with E-state index in [1.54, 1.807) is 6.20 Å². The molecule has 1 aromatic carbocycles. The van der Waals surface area contributed by atoms with Crippen molar-refractivity contribution in [3.63, 3.8) is 0 Å². The maximum atomic E-state index is 12.5. The lowest BCUT2D eigenvalue weighted by atomic mass is 10.2. The number of amides is 1. The fourth-order valence-electron chi connectivity index (χ4n) is 4.20. The number of aromatic amines is 1. The van der Waals surface area contributed by atoms with Gasteiger partial charge in [-0.1, -0.05) is 12.1 Å². The number of benzene rings is 1. The van der Waals surface area contributed by atoms with E-state index >= 15 is 0 Å². The van der Waals surface area contributed by atoms with Crippen molar-refractivity contribution in [3.05, 3.63) is 48.0 Å².